The Kier molecular flexibility index (Phi) is 6.39. The topological polar surface area (TPSA) is 66.8 Å². The van der Waals surface area contributed by atoms with Gasteiger partial charge in [-0.1, -0.05) is 31.5 Å². The third kappa shape index (κ3) is 5.29. The molecule has 0 unspecified atom stereocenters. The van der Waals surface area contributed by atoms with Crippen LogP contribution in [-0.4, -0.2) is 35.0 Å². The molecule has 4 heteroatoms. The number of aliphatic hydroxyl groups excluding tert-OH is 2. The van der Waals surface area contributed by atoms with E-state index in [1.165, 1.54) is 0 Å². The number of hydrogen-bond acceptors (Lipinski definition) is 4. The maximum atomic E-state index is 11.6. The molecule has 0 aliphatic heterocycles. The highest BCUT2D eigenvalue weighted by molar-refractivity contribution is 5.89. The Morgan fingerprint density at radius 3 is 2.50 bits per heavy atom. The van der Waals surface area contributed by atoms with Crippen molar-refractivity contribution in [2.75, 3.05) is 6.61 Å². The zero-order valence-electron chi connectivity index (χ0n) is 10.6. The predicted molar refractivity (Wildman–Crippen MR) is 68.3 cm³/mol. The first kappa shape index (κ1) is 14.7. The normalized spacial score (nSPS) is 13.9. The third-order valence-electron chi connectivity index (χ3n) is 2.58. The zero-order valence-corrected chi connectivity index (χ0v) is 10.6. The molecule has 4 nitrogen and oxygen atoms in total. The van der Waals surface area contributed by atoms with Gasteiger partial charge in [0.25, 0.3) is 0 Å². The van der Waals surface area contributed by atoms with Crippen molar-refractivity contribution >= 4 is 5.97 Å². The molecule has 1 aromatic carbocycles. The number of aliphatic hydroxyl groups is 2. The predicted octanol–water partition coefficient (Wildman–Crippen LogP) is 1.76. The van der Waals surface area contributed by atoms with Crippen molar-refractivity contribution < 1.29 is 19.7 Å². The van der Waals surface area contributed by atoms with Gasteiger partial charge in [-0.25, -0.2) is 4.79 Å². The van der Waals surface area contributed by atoms with Gasteiger partial charge in [0, 0.05) is 6.42 Å². The number of esters is 1. The molecule has 1 rings (SSSR count). The Morgan fingerprint density at radius 1 is 1.22 bits per heavy atom. The van der Waals surface area contributed by atoms with Gasteiger partial charge in [-0.15, -0.1) is 0 Å². The van der Waals surface area contributed by atoms with E-state index in [4.69, 9.17) is 4.74 Å². The molecule has 0 saturated heterocycles. The third-order valence-corrected chi connectivity index (χ3v) is 2.58. The first-order valence-electron chi connectivity index (χ1n) is 6.21. The quantitative estimate of drug-likeness (QED) is 0.726. The van der Waals surface area contributed by atoms with Crippen LogP contribution in [0.1, 0.15) is 36.5 Å². The van der Waals surface area contributed by atoms with Crippen molar-refractivity contribution in [1.82, 2.24) is 0 Å². The first-order valence-corrected chi connectivity index (χ1v) is 6.21. The van der Waals surface area contributed by atoms with E-state index >= 15 is 0 Å². The summed E-state index contributed by atoms with van der Waals surface area (Å²) in [6.45, 7) is 1.87. The number of hydrogen-bond donors (Lipinski definition) is 2. The highest BCUT2D eigenvalue weighted by Gasteiger charge is 2.14. The van der Waals surface area contributed by atoms with Gasteiger partial charge >= 0.3 is 5.97 Å². The summed E-state index contributed by atoms with van der Waals surface area (Å²) in [5.74, 6) is -0.459. The number of carbonyl (C=O) groups excluding carboxylic acids is 1. The average Bonchev–Trinajstić information content (AvgIpc) is 2.37. The fourth-order valence-electron chi connectivity index (χ4n) is 1.66. The molecule has 0 fully saturated rings. The monoisotopic (exact) mass is 252 g/mol. The molecule has 0 radical (unpaired) electrons. The van der Waals surface area contributed by atoms with Crippen LogP contribution in [0.2, 0.25) is 0 Å². The summed E-state index contributed by atoms with van der Waals surface area (Å²) in [6, 6.07) is 8.62. The Morgan fingerprint density at radius 2 is 1.89 bits per heavy atom. The molecular weight excluding hydrogens is 232 g/mol. The van der Waals surface area contributed by atoms with Gasteiger partial charge in [0.15, 0.2) is 0 Å². The van der Waals surface area contributed by atoms with Gasteiger partial charge in [-0.2, -0.15) is 0 Å². The van der Waals surface area contributed by atoms with Crippen LogP contribution in [0.4, 0.5) is 0 Å². The smallest absolute Gasteiger partial charge is 0.338 e. The summed E-state index contributed by atoms with van der Waals surface area (Å²) in [7, 11) is 0. The summed E-state index contributed by atoms with van der Waals surface area (Å²) in [5.41, 5.74) is 0.457. The second-order valence-corrected chi connectivity index (χ2v) is 4.30. The molecule has 0 amide bonds. The van der Waals surface area contributed by atoms with Crippen molar-refractivity contribution in [3.8, 4) is 0 Å². The highest BCUT2D eigenvalue weighted by atomic mass is 16.5. The van der Waals surface area contributed by atoms with E-state index in [1.54, 1.807) is 24.3 Å². The molecule has 100 valence electrons. The summed E-state index contributed by atoms with van der Waals surface area (Å²) < 4.78 is 4.97. The summed E-state index contributed by atoms with van der Waals surface area (Å²) in [4.78, 5) is 11.6. The Labute approximate surface area is 107 Å². The maximum absolute atomic E-state index is 11.6. The minimum Gasteiger partial charge on any atom is -0.459 e. The lowest BCUT2D eigenvalue weighted by Crippen LogP contribution is -2.24. The number of ether oxygens (including phenoxy) is 1. The molecule has 2 N–H and O–H groups in total. The molecule has 0 bridgehead atoms. The van der Waals surface area contributed by atoms with Crippen LogP contribution in [0.3, 0.4) is 0 Å². The van der Waals surface area contributed by atoms with Crippen LogP contribution in [0.5, 0.6) is 0 Å². The van der Waals surface area contributed by atoms with Crippen molar-refractivity contribution in [3.63, 3.8) is 0 Å². The van der Waals surface area contributed by atoms with Gasteiger partial charge < -0.3 is 14.9 Å². The standard InChI is InChI=1S/C14H20O4/c1-2-6-12(15)9-13(16)10-18-14(17)11-7-4-3-5-8-11/h3-5,7-8,12-13,15-16H,2,6,9-10H2,1H3/t12-,13-/m0/s1. The lowest BCUT2D eigenvalue weighted by atomic mass is 10.1. The molecule has 18 heavy (non-hydrogen) atoms. The average molecular weight is 252 g/mol. The van der Waals surface area contributed by atoms with E-state index < -0.39 is 18.2 Å². The van der Waals surface area contributed by atoms with Crippen LogP contribution in [0.25, 0.3) is 0 Å². The molecule has 0 aliphatic carbocycles. The Balaban J connectivity index is 2.30. The van der Waals surface area contributed by atoms with Gasteiger partial charge in [0.05, 0.1) is 17.8 Å². The molecule has 0 spiro atoms. The van der Waals surface area contributed by atoms with E-state index in [2.05, 4.69) is 0 Å². The fraction of sp³-hybridized carbons (Fsp3) is 0.500. The summed E-state index contributed by atoms with van der Waals surface area (Å²) in [5, 5.41) is 19.1. The second kappa shape index (κ2) is 7.84. The highest BCUT2D eigenvalue weighted by Crippen LogP contribution is 2.07. The SMILES string of the molecule is CCC[C@H](O)C[C@H](O)COC(=O)c1ccccc1. The zero-order chi connectivity index (χ0) is 13.4. The van der Waals surface area contributed by atoms with Crippen LogP contribution < -0.4 is 0 Å². The Hall–Kier alpha value is -1.39. The maximum Gasteiger partial charge on any atom is 0.338 e. The largest absolute Gasteiger partial charge is 0.459 e. The van der Waals surface area contributed by atoms with E-state index in [0.29, 0.717) is 12.0 Å². The van der Waals surface area contributed by atoms with Crippen molar-refractivity contribution in [1.29, 1.82) is 0 Å². The molecule has 0 aromatic heterocycles. The lowest BCUT2D eigenvalue weighted by molar-refractivity contribution is 0.00810. The molecule has 2 atom stereocenters. The minimum atomic E-state index is -0.820. The first-order chi connectivity index (χ1) is 8.63. The fourth-order valence-corrected chi connectivity index (χ4v) is 1.66. The van der Waals surface area contributed by atoms with Crippen LogP contribution in [0.15, 0.2) is 30.3 Å². The van der Waals surface area contributed by atoms with E-state index in [9.17, 15) is 15.0 Å². The van der Waals surface area contributed by atoms with Crippen molar-refractivity contribution in [3.05, 3.63) is 35.9 Å². The van der Waals surface area contributed by atoms with Crippen LogP contribution >= 0.6 is 0 Å². The van der Waals surface area contributed by atoms with Gasteiger partial charge in [0.2, 0.25) is 0 Å². The van der Waals surface area contributed by atoms with Crippen molar-refractivity contribution in [2.24, 2.45) is 0 Å². The van der Waals surface area contributed by atoms with Crippen molar-refractivity contribution in [2.45, 2.75) is 38.4 Å². The minimum absolute atomic E-state index is 0.0888. The van der Waals surface area contributed by atoms with Gasteiger partial charge in [-0.05, 0) is 18.6 Å². The second-order valence-electron chi connectivity index (χ2n) is 4.30. The number of benzene rings is 1. The molecule has 0 saturated carbocycles. The summed E-state index contributed by atoms with van der Waals surface area (Å²) in [6.07, 6.45) is 0.372. The number of carbonyl (C=O) groups is 1. The Bertz CT molecular complexity index is 350. The van der Waals surface area contributed by atoms with Crippen LogP contribution in [-0.2, 0) is 4.74 Å². The summed E-state index contributed by atoms with van der Waals surface area (Å²) >= 11 is 0. The van der Waals surface area contributed by atoms with E-state index in [-0.39, 0.29) is 13.0 Å². The number of rotatable bonds is 7. The van der Waals surface area contributed by atoms with E-state index in [0.717, 1.165) is 6.42 Å². The molecule has 0 heterocycles. The van der Waals surface area contributed by atoms with E-state index in [1.807, 2.05) is 13.0 Å². The molecular formula is C14H20O4. The lowest BCUT2D eigenvalue weighted by Gasteiger charge is -2.15. The molecule has 1 aromatic rings. The van der Waals surface area contributed by atoms with Gasteiger partial charge in [0.1, 0.15) is 6.61 Å². The molecule has 0 aliphatic rings. The van der Waals surface area contributed by atoms with Gasteiger partial charge in [-0.3, -0.25) is 0 Å². The van der Waals surface area contributed by atoms with Crippen LogP contribution in [0, 0.1) is 0 Å².